The zero-order valence-corrected chi connectivity index (χ0v) is 13.7. The number of carbonyl (C=O) groups is 2. The van der Waals surface area contributed by atoms with Crippen LogP contribution in [0, 0.1) is 11.8 Å². The lowest BCUT2D eigenvalue weighted by Crippen LogP contribution is -2.27. The van der Waals surface area contributed by atoms with Crippen molar-refractivity contribution in [1.82, 2.24) is 0 Å². The van der Waals surface area contributed by atoms with Crippen LogP contribution in [0.3, 0.4) is 0 Å². The summed E-state index contributed by atoms with van der Waals surface area (Å²) in [4.78, 5) is 24.7. The molecule has 0 heterocycles. The third-order valence-corrected chi connectivity index (χ3v) is 3.71. The van der Waals surface area contributed by atoms with Gasteiger partial charge in [0.1, 0.15) is 0 Å². The number of rotatable bonds is 7. The monoisotopic (exact) mass is 296 g/mol. The number of hydrogen-bond donors (Lipinski definition) is 0. The molecule has 0 aromatic carbocycles. The number of esters is 2. The summed E-state index contributed by atoms with van der Waals surface area (Å²) < 4.78 is 10.4. The van der Waals surface area contributed by atoms with Gasteiger partial charge in [-0.15, -0.1) is 0 Å². The fourth-order valence-corrected chi connectivity index (χ4v) is 2.86. The molecule has 1 fully saturated rings. The summed E-state index contributed by atoms with van der Waals surface area (Å²) in [5.74, 6) is -0.815. The van der Waals surface area contributed by atoms with Gasteiger partial charge >= 0.3 is 11.9 Å². The smallest absolute Gasteiger partial charge is 0.334 e. The Labute approximate surface area is 127 Å². The summed E-state index contributed by atoms with van der Waals surface area (Å²) >= 11 is 0. The Balaban J connectivity index is 3.13. The van der Waals surface area contributed by atoms with Gasteiger partial charge in [0.05, 0.1) is 24.7 Å². The SMILES string of the molecule is CCOC(=O)C(=C1CCCC1)C(CC(C)C)C(=O)OCC. The fourth-order valence-electron chi connectivity index (χ4n) is 2.86. The molecule has 4 nitrogen and oxygen atoms in total. The molecule has 1 saturated carbocycles. The maximum Gasteiger partial charge on any atom is 0.334 e. The molecule has 1 aliphatic carbocycles. The molecule has 1 rings (SSSR count). The van der Waals surface area contributed by atoms with Gasteiger partial charge < -0.3 is 9.47 Å². The van der Waals surface area contributed by atoms with Gasteiger partial charge in [-0.25, -0.2) is 4.79 Å². The van der Waals surface area contributed by atoms with Crippen LogP contribution in [0.5, 0.6) is 0 Å². The zero-order chi connectivity index (χ0) is 15.8. The fraction of sp³-hybridized carbons (Fsp3) is 0.765. The molecule has 0 aromatic heterocycles. The number of carbonyl (C=O) groups excluding carboxylic acids is 2. The third kappa shape index (κ3) is 5.18. The van der Waals surface area contributed by atoms with Gasteiger partial charge in [-0.05, 0) is 51.9 Å². The molecule has 1 atom stereocenters. The van der Waals surface area contributed by atoms with Gasteiger partial charge in [0.15, 0.2) is 0 Å². The van der Waals surface area contributed by atoms with Crippen LogP contribution in [0.2, 0.25) is 0 Å². The van der Waals surface area contributed by atoms with Crippen molar-refractivity contribution in [2.24, 2.45) is 11.8 Å². The molecule has 0 aliphatic heterocycles. The summed E-state index contributed by atoms with van der Waals surface area (Å²) in [6.07, 6.45) is 4.56. The molecule has 1 unspecified atom stereocenters. The quantitative estimate of drug-likeness (QED) is 0.531. The topological polar surface area (TPSA) is 52.6 Å². The highest BCUT2D eigenvalue weighted by atomic mass is 16.5. The first-order valence-electron chi connectivity index (χ1n) is 8.06. The molecule has 4 heteroatoms. The van der Waals surface area contributed by atoms with Gasteiger partial charge in [0.25, 0.3) is 0 Å². The lowest BCUT2D eigenvalue weighted by atomic mass is 9.86. The first-order chi connectivity index (χ1) is 10.0. The third-order valence-electron chi connectivity index (χ3n) is 3.71. The molecule has 0 saturated heterocycles. The standard InChI is InChI=1S/C17H28O4/c1-5-20-16(18)14(11-12(3)4)15(17(19)21-6-2)13-9-7-8-10-13/h12,14H,5-11H2,1-4H3. The van der Waals surface area contributed by atoms with Gasteiger partial charge in [-0.1, -0.05) is 19.4 Å². The van der Waals surface area contributed by atoms with Crippen LogP contribution in [0.15, 0.2) is 11.1 Å². The second-order valence-corrected chi connectivity index (χ2v) is 5.88. The summed E-state index contributed by atoms with van der Waals surface area (Å²) in [6, 6.07) is 0. The molecular formula is C17H28O4. The lowest BCUT2D eigenvalue weighted by molar-refractivity contribution is -0.150. The molecule has 0 aromatic rings. The van der Waals surface area contributed by atoms with Crippen LogP contribution in [-0.4, -0.2) is 25.2 Å². The van der Waals surface area contributed by atoms with Crippen LogP contribution < -0.4 is 0 Å². The van der Waals surface area contributed by atoms with E-state index in [9.17, 15) is 9.59 Å². The summed E-state index contributed by atoms with van der Waals surface area (Å²) in [6.45, 7) is 8.34. The molecule has 0 amide bonds. The minimum atomic E-state index is -0.489. The van der Waals surface area contributed by atoms with E-state index in [1.807, 2.05) is 13.8 Å². The number of hydrogen-bond acceptors (Lipinski definition) is 4. The number of ether oxygens (including phenoxy) is 2. The average molecular weight is 296 g/mol. The Morgan fingerprint density at radius 1 is 1.05 bits per heavy atom. The largest absolute Gasteiger partial charge is 0.466 e. The molecule has 21 heavy (non-hydrogen) atoms. The Morgan fingerprint density at radius 3 is 2.10 bits per heavy atom. The van der Waals surface area contributed by atoms with E-state index in [4.69, 9.17) is 9.47 Å². The van der Waals surface area contributed by atoms with E-state index in [-0.39, 0.29) is 11.9 Å². The van der Waals surface area contributed by atoms with Crippen molar-refractivity contribution < 1.29 is 19.1 Å². The lowest BCUT2D eigenvalue weighted by Gasteiger charge is -2.21. The van der Waals surface area contributed by atoms with E-state index in [1.165, 1.54) is 0 Å². The van der Waals surface area contributed by atoms with Gasteiger partial charge in [0.2, 0.25) is 0 Å². The minimum Gasteiger partial charge on any atom is -0.466 e. The highest BCUT2D eigenvalue weighted by Crippen LogP contribution is 2.34. The molecule has 0 radical (unpaired) electrons. The highest BCUT2D eigenvalue weighted by molar-refractivity contribution is 5.96. The van der Waals surface area contributed by atoms with Crippen LogP contribution in [0.1, 0.15) is 59.8 Å². The van der Waals surface area contributed by atoms with E-state index in [0.717, 1.165) is 31.3 Å². The maximum atomic E-state index is 12.4. The normalized spacial score (nSPS) is 16.0. The van der Waals surface area contributed by atoms with Crippen LogP contribution in [0.25, 0.3) is 0 Å². The van der Waals surface area contributed by atoms with Crippen molar-refractivity contribution in [3.8, 4) is 0 Å². The van der Waals surface area contributed by atoms with Gasteiger partial charge in [-0.2, -0.15) is 0 Å². The predicted molar refractivity (Wildman–Crippen MR) is 81.7 cm³/mol. The Morgan fingerprint density at radius 2 is 1.62 bits per heavy atom. The van der Waals surface area contributed by atoms with Crippen molar-refractivity contribution in [3.63, 3.8) is 0 Å². The molecule has 0 N–H and O–H groups in total. The van der Waals surface area contributed by atoms with E-state index in [1.54, 1.807) is 13.8 Å². The summed E-state index contributed by atoms with van der Waals surface area (Å²) in [5.41, 5.74) is 1.66. The van der Waals surface area contributed by atoms with Crippen molar-refractivity contribution in [1.29, 1.82) is 0 Å². The van der Waals surface area contributed by atoms with Crippen LogP contribution in [0.4, 0.5) is 0 Å². The summed E-state index contributed by atoms with van der Waals surface area (Å²) in [7, 11) is 0. The minimum absolute atomic E-state index is 0.298. The highest BCUT2D eigenvalue weighted by Gasteiger charge is 2.33. The molecule has 120 valence electrons. The first kappa shape index (κ1) is 17.7. The van der Waals surface area contributed by atoms with Crippen molar-refractivity contribution >= 4 is 11.9 Å². The Hall–Kier alpha value is -1.32. The maximum absolute atomic E-state index is 12.4. The Kier molecular flexibility index (Phi) is 7.48. The van der Waals surface area contributed by atoms with Gasteiger partial charge in [-0.3, -0.25) is 4.79 Å². The van der Waals surface area contributed by atoms with Crippen LogP contribution in [-0.2, 0) is 19.1 Å². The van der Waals surface area contributed by atoms with E-state index < -0.39 is 5.92 Å². The van der Waals surface area contributed by atoms with Crippen molar-refractivity contribution in [2.45, 2.75) is 59.8 Å². The molecular weight excluding hydrogens is 268 g/mol. The van der Waals surface area contributed by atoms with Gasteiger partial charge in [0, 0.05) is 0 Å². The molecule has 0 spiro atoms. The van der Waals surface area contributed by atoms with E-state index in [0.29, 0.717) is 31.1 Å². The van der Waals surface area contributed by atoms with Crippen molar-refractivity contribution in [2.75, 3.05) is 13.2 Å². The average Bonchev–Trinajstić information content (AvgIpc) is 2.92. The second-order valence-electron chi connectivity index (χ2n) is 5.88. The van der Waals surface area contributed by atoms with E-state index in [2.05, 4.69) is 0 Å². The summed E-state index contributed by atoms with van der Waals surface area (Å²) in [5, 5.41) is 0. The first-order valence-corrected chi connectivity index (χ1v) is 8.06. The number of allylic oxidation sites excluding steroid dienone is 1. The Bertz CT molecular complexity index is 388. The molecule has 0 bridgehead atoms. The zero-order valence-electron chi connectivity index (χ0n) is 13.7. The van der Waals surface area contributed by atoms with E-state index >= 15 is 0 Å². The molecule has 1 aliphatic rings. The second kappa shape index (κ2) is 8.85. The van der Waals surface area contributed by atoms with Crippen molar-refractivity contribution in [3.05, 3.63) is 11.1 Å². The van der Waals surface area contributed by atoms with Crippen LogP contribution >= 0.6 is 0 Å². The predicted octanol–water partition coefficient (Wildman–Crippen LogP) is 3.65.